The quantitative estimate of drug-likeness (QED) is 0.822. The van der Waals surface area contributed by atoms with E-state index in [2.05, 4.69) is 5.32 Å². The molecule has 0 bridgehead atoms. The molecular formula is C14H17Cl2NO3S2. The highest BCUT2D eigenvalue weighted by Gasteiger charge is 2.27. The van der Waals surface area contributed by atoms with Crippen molar-refractivity contribution >= 4 is 50.7 Å². The van der Waals surface area contributed by atoms with E-state index in [-0.39, 0.29) is 23.3 Å². The Labute approximate surface area is 144 Å². The lowest BCUT2D eigenvalue weighted by atomic mass is 10.1. The molecule has 0 saturated carbocycles. The predicted molar refractivity (Wildman–Crippen MR) is 92.4 cm³/mol. The van der Waals surface area contributed by atoms with E-state index in [4.69, 9.17) is 23.2 Å². The molecule has 1 N–H and O–H groups in total. The van der Waals surface area contributed by atoms with Crippen molar-refractivity contribution in [2.75, 3.05) is 23.8 Å². The van der Waals surface area contributed by atoms with Gasteiger partial charge in [0.2, 0.25) is 5.91 Å². The summed E-state index contributed by atoms with van der Waals surface area (Å²) in [4.78, 5) is 11.8. The van der Waals surface area contributed by atoms with Crippen molar-refractivity contribution in [3.8, 4) is 0 Å². The fourth-order valence-electron chi connectivity index (χ4n) is 2.23. The first kappa shape index (κ1) is 17.9. The summed E-state index contributed by atoms with van der Waals surface area (Å²) in [5.74, 6) is 1.32. The van der Waals surface area contributed by atoms with Gasteiger partial charge in [-0.2, -0.15) is 0 Å². The van der Waals surface area contributed by atoms with E-state index in [0.717, 1.165) is 5.56 Å². The van der Waals surface area contributed by atoms with Crippen molar-refractivity contribution in [1.82, 2.24) is 5.32 Å². The lowest BCUT2D eigenvalue weighted by Gasteiger charge is -2.10. The zero-order valence-corrected chi connectivity index (χ0v) is 15.0. The van der Waals surface area contributed by atoms with E-state index in [1.165, 1.54) is 11.8 Å². The van der Waals surface area contributed by atoms with Gasteiger partial charge >= 0.3 is 0 Å². The maximum absolute atomic E-state index is 11.8. The number of rotatable bonds is 6. The summed E-state index contributed by atoms with van der Waals surface area (Å²) in [6.45, 7) is 0.431. The van der Waals surface area contributed by atoms with Gasteiger partial charge in [-0.25, -0.2) is 8.42 Å². The molecule has 2 rings (SSSR count). The Morgan fingerprint density at radius 2 is 2.14 bits per heavy atom. The molecule has 1 atom stereocenters. The molecule has 1 unspecified atom stereocenters. The summed E-state index contributed by atoms with van der Waals surface area (Å²) in [7, 11) is -2.89. The molecule has 0 spiro atoms. The molecule has 1 amide bonds. The number of carbonyl (C=O) groups excluding carboxylic acids is 1. The van der Waals surface area contributed by atoms with Crippen LogP contribution in [-0.4, -0.2) is 38.1 Å². The van der Waals surface area contributed by atoms with Gasteiger partial charge in [0, 0.05) is 22.3 Å². The van der Waals surface area contributed by atoms with Crippen LogP contribution in [0.15, 0.2) is 18.2 Å². The number of sulfone groups is 1. The Morgan fingerprint density at radius 1 is 1.36 bits per heavy atom. The average molecular weight is 382 g/mol. The van der Waals surface area contributed by atoms with E-state index in [1.807, 2.05) is 6.07 Å². The van der Waals surface area contributed by atoms with Crippen LogP contribution in [0.1, 0.15) is 12.0 Å². The Kier molecular flexibility index (Phi) is 6.44. The summed E-state index contributed by atoms with van der Waals surface area (Å²) in [6.07, 6.45) is 0.635. The van der Waals surface area contributed by atoms with Gasteiger partial charge in [-0.05, 0) is 30.0 Å². The Hall–Kier alpha value is -0.430. The average Bonchev–Trinajstić information content (AvgIpc) is 2.78. The van der Waals surface area contributed by atoms with Gasteiger partial charge in [0.1, 0.15) is 0 Å². The third-order valence-corrected chi connectivity index (χ3v) is 6.83. The van der Waals surface area contributed by atoms with Crippen molar-refractivity contribution in [2.24, 2.45) is 5.92 Å². The summed E-state index contributed by atoms with van der Waals surface area (Å²) >= 11 is 13.3. The number of hydrogen-bond donors (Lipinski definition) is 1. The number of benzene rings is 1. The zero-order chi connectivity index (χ0) is 16.2. The number of amides is 1. The summed E-state index contributed by atoms with van der Waals surface area (Å²) in [5.41, 5.74) is 0.936. The molecule has 0 aliphatic carbocycles. The standard InChI is InChI=1S/C14H17Cl2NO3S2/c15-12-2-1-11(13(16)5-12)7-21-8-14(18)17-6-10-3-4-22(19,20)9-10/h1-2,5,10H,3-4,6-9H2,(H,17,18). The molecule has 1 fully saturated rings. The SMILES string of the molecule is O=C(CSCc1ccc(Cl)cc1Cl)NCC1CCS(=O)(=O)C1. The monoisotopic (exact) mass is 381 g/mol. The van der Waals surface area contributed by atoms with Crippen LogP contribution < -0.4 is 5.32 Å². The first-order valence-electron chi connectivity index (χ1n) is 6.84. The van der Waals surface area contributed by atoms with Gasteiger partial charge < -0.3 is 5.32 Å². The van der Waals surface area contributed by atoms with Gasteiger partial charge in [-0.15, -0.1) is 11.8 Å². The lowest BCUT2D eigenvalue weighted by molar-refractivity contribution is -0.118. The van der Waals surface area contributed by atoms with Crippen LogP contribution in [0.3, 0.4) is 0 Å². The largest absolute Gasteiger partial charge is 0.355 e. The first-order chi connectivity index (χ1) is 10.4. The molecule has 1 heterocycles. The van der Waals surface area contributed by atoms with Crippen molar-refractivity contribution in [3.63, 3.8) is 0 Å². The smallest absolute Gasteiger partial charge is 0.230 e. The third kappa shape index (κ3) is 5.65. The van der Waals surface area contributed by atoms with Crippen LogP contribution >= 0.6 is 35.0 Å². The molecule has 1 aromatic carbocycles. The van der Waals surface area contributed by atoms with E-state index >= 15 is 0 Å². The zero-order valence-electron chi connectivity index (χ0n) is 11.8. The van der Waals surface area contributed by atoms with E-state index in [0.29, 0.717) is 34.5 Å². The molecule has 8 heteroatoms. The van der Waals surface area contributed by atoms with Crippen molar-refractivity contribution in [2.45, 2.75) is 12.2 Å². The summed E-state index contributed by atoms with van der Waals surface area (Å²) < 4.78 is 22.7. The second kappa shape index (κ2) is 7.90. The first-order valence-corrected chi connectivity index (χ1v) is 10.6. The summed E-state index contributed by atoms with van der Waals surface area (Å²) in [5, 5.41) is 3.97. The molecule has 4 nitrogen and oxygen atoms in total. The minimum atomic E-state index is -2.89. The van der Waals surface area contributed by atoms with E-state index in [9.17, 15) is 13.2 Å². The molecule has 22 heavy (non-hydrogen) atoms. The van der Waals surface area contributed by atoms with Crippen LogP contribution in [0.5, 0.6) is 0 Å². The van der Waals surface area contributed by atoms with Crippen molar-refractivity contribution < 1.29 is 13.2 Å². The highest BCUT2D eigenvalue weighted by atomic mass is 35.5. The molecule has 122 valence electrons. The second-order valence-corrected chi connectivity index (χ2v) is 9.36. The fourth-order valence-corrected chi connectivity index (χ4v) is 5.51. The number of hydrogen-bond acceptors (Lipinski definition) is 4. The molecular weight excluding hydrogens is 365 g/mol. The van der Waals surface area contributed by atoms with Crippen LogP contribution in [-0.2, 0) is 20.4 Å². The van der Waals surface area contributed by atoms with Crippen molar-refractivity contribution in [3.05, 3.63) is 33.8 Å². The summed E-state index contributed by atoms with van der Waals surface area (Å²) in [6, 6.07) is 5.29. The van der Waals surface area contributed by atoms with E-state index in [1.54, 1.807) is 12.1 Å². The molecule has 1 aromatic rings. The number of carbonyl (C=O) groups is 1. The number of halogens is 2. The number of thioether (sulfide) groups is 1. The minimum Gasteiger partial charge on any atom is -0.355 e. The van der Waals surface area contributed by atoms with Gasteiger partial charge in [0.15, 0.2) is 9.84 Å². The molecule has 1 saturated heterocycles. The van der Waals surface area contributed by atoms with Gasteiger partial charge in [0.05, 0.1) is 17.3 Å². The highest BCUT2D eigenvalue weighted by Crippen LogP contribution is 2.24. The maximum atomic E-state index is 11.8. The van der Waals surface area contributed by atoms with Crippen LogP contribution in [0.4, 0.5) is 0 Å². The van der Waals surface area contributed by atoms with E-state index < -0.39 is 9.84 Å². The molecule has 0 radical (unpaired) electrons. The molecule has 0 aromatic heterocycles. The Morgan fingerprint density at radius 3 is 2.77 bits per heavy atom. The van der Waals surface area contributed by atoms with Crippen LogP contribution in [0, 0.1) is 5.92 Å². The Balaban J connectivity index is 1.68. The normalized spacial score (nSPS) is 20.0. The van der Waals surface area contributed by atoms with Gasteiger partial charge in [0.25, 0.3) is 0 Å². The predicted octanol–water partition coefficient (Wildman–Crippen LogP) is 2.78. The van der Waals surface area contributed by atoms with Crippen molar-refractivity contribution in [1.29, 1.82) is 0 Å². The van der Waals surface area contributed by atoms with Gasteiger partial charge in [-0.3, -0.25) is 4.79 Å². The van der Waals surface area contributed by atoms with Crippen LogP contribution in [0.25, 0.3) is 0 Å². The second-order valence-electron chi connectivity index (χ2n) is 5.30. The molecule has 1 aliphatic heterocycles. The lowest BCUT2D eigenvalue weighted by Crippen LogP contribution is -2.31. The molecule has 1 aliphatic rings. The highest BCUT2D eigenvalue weighted by molar-refractivity contribution is 7.99. The van der Waals surface area contributed by atoms with Gasteiger partial charge in [-0.1, -0.05) is 29.3 Å². The fraction of sp³-hybridized carbons (Fsp3) is 0.500. The van der Waals surface area contributed by atoms with Crippen LogP contribution in [0.2, 0.25) is 10.0 Å². The Bertz CT molecular complexity index is 649. The third-order valence-electron chi connectivity index (χ3n) is 3.42. The minimum absolute atomic E-state index is 0.0460. The maximum Gasteiger partial charge on any atom is 0.230 e. The topological polar surface area (TPSA) is 63.2 Å². The number of nitrogens with one attached hydrogen (secondary N) is 1.